The summed E-state index contributed by atoms with van der Waals surface area (Å²) in [5.74, 6) is -0.830. The number of ether oxygens (including phenoxy) is 1. The van der Waals surface area contributed by atoms with Gasteiger partial charge in [-0.1, -0.05) is 36.4 Å². The Balaban J connectivity index is 1.15. The minimum Gasteiger partial charge on any atom is -0.461 e. The molecular formula is C35H38ClF2N5O2. The number of nitrogens with zero attached hydrogens (tertiary/aromatic N) is 4. The molecule has 2 aliphatic carbocycles. The number of alkyl halides is 1. The predicted molar refractivity (Wildman–Crippen MR) is 171 cm³/mol. The van der Waals surface area contributed by atoms with E-state index in [2.05, 4.69) is 40.0 Å². The average Bonchev–Trinajstić information content (AvgIpc) is 3.39. The van der Waals surface area contributed by atoms with Crippen LogP contribution in [0.4, 0.5) is 14.5 Å². The summed E-state index contributed by atoms with van der Waals surface area (Å²) < 4.78 is 34.5. The van der Waals surface area contributed by atoms with Gasteiger partial charge in [-0.2, -0.15) is 4.98 Å². The van der Waals surface area contributed by atoms with Crippen LogP contribution in [0.25, 0.3) is 22.0 Å². The zero-order valence-corrected chi connectivity index (χ0v) is 26.1. The Morgan fingerprint density at radius 2 is 2.07 bits per heavy atom. The molecule has 3 aliphatic heterocycles. The number of piperidine rings is 1. The number of nitrogens with one attached hydrogen (secondary N) is 1. The normalized spacial score (nSPS) is 28.6. The van der Waals surface area contributed by atoms with Crippen molar-refractivity contribution in [3.63, 3.8) is 0 Å². The van der Waals surface area contributed by atoms with Crippen molar-refractivity contribution in [2.45, 2.75) is 69.1 Å². The number of amides is 1. The molecule has 10 heteroatoms. The first-order valence-corrected chi connectivity index (χ1v) is 16.7. The first-order chi connectivity index (χ1) is 21.8. The van der Waals surface area contributed by atoms with Gasteiger partial charge in [-0.25, -0.2) is 13.8 Å². The maximum atomic E-state index is 14.4. The van der Waals surface area contributed by atoms with Crippen LogP contribution in [-0.4, -0.2) is 76.2 Å². The van der Waals surface area contributed by atoms with Gasteiger partial charge in [0.2, 0.25) is 0 Å². The van der Waals surface area contributed by atoms with Gasteiger partial charge in [0.15, 0.2) is 5.83 Å². The minimum absolute atomic E-state index is 0.155. The number of halogens is 3. The number of hydrogen-bond acceptors (Lipinski definition) is 6. The lowest BCUT2D eigenvalue weighted by Crippen LogP contribution is -2.43. The maximum absolute atomic E-state index is 14.4. The first-order valence-electron chi connectivity index (χ1n) is 16.3. The number of fused-ring (bicyclic) bond motifs is 4. The molecule has 4 fully saturated rings. The Morgan fingerprint density at radius 3 is 2.93 bits per heavy atom. The van der Waals surface area contributed by atoms with E-state index in [-0.39, 0.29) is 17.6 Å². The molecule has 1 unspecified atom stereocenters. The average molecular weight is 634 g/mol. The van der Waals surface area contributed by atoms with Gasteiger partial charge in [0, 0.05) is 43.2 Å². The third-order valence-corrected chi connectivity index (χ3v) is 11.4. The molecule has 5 aliphatic rings. The van der Waals surface area contributed by atoms with Crippen LogP contribution in [0, 0.1) is 11.8 Å². The Hall–Kier alpha value is -3.30. The van der Waals surface area contributed by atoms with E-state index < -0.39 is 17.9 Å². The molecule has 1 amide bonds. The van der Waals surface area contributed by atoms with E-state index in [1.807, 2.05) is 6.07 Å². The van der Waals surface area contributed by atoms with Crippen LogP contribution in [0.1, 0.15) is 49.7 Å². The minimum atomic E-state index is -0.929. The van der Waals surface area contributed by atoms with Crippen LogP contribution in [0.3, 0.4) is 0 Å². The number of benzene rings is 2. The zero-order valence-electron chi connectivity index (χ0n) is 25.3. The molecule has 0 spiro atoms. The highest BCUT2D eigenvalue weighted by Crippen LogP contribution is 2.50. The van der Waals surface area contributed by atoms with Crippen molar-refractivity contribution in [1.82, 2.24) is 19.8 Å². The van der Waals surface area contributed by atoms with E-state index in [0.29, 0.717) is 60.7 Å². The third-order valence-electron chi connectivity index (χ3n) is 11.0. The quantitative estimate of drug-likeness (QED) is 0.285. The molecule has 236 valence electrons. The monoisotopic (exact) mass is 633 g/mol. The van der Waals surface area contributed by atoms with Crippen molar-refractivity contribution in [1.29, 1.82) is 0 Å². The van der Waals surface area contributed by atoms with Crippen LogP contribution in [0.2, 0.25) is 5.02 Å². The van der Waals surface area contributed by atoms with Crippen LogP contribution >= 0.6 is 11.6 Å². The lowest BCUT2D eigenvalue weighted by Gasteiger charge is -2.30. The van der Waals surface area contributed by atoms with E-state index in [0.717, 1.165) is 61.6 Å². The van der Waals surface area contributed by atoms with Gasteiger partial charge in [0.05, 0.1) is 27.8 Å². The fourth-order valence-corrected chi connectivity index (χ4v) is 9.01. The van der Waals surface area contributed by atoms with Gasteiger partial charge in [0.1, 0.15) is 12.8 Å². The molecule has 4 heterocycles. The Morgan fingerprint density at radius 1 is 1.20 bits per heavy atom. The van der Waals surface area contributed by atoms with Crippen molar-refractivity contribution in [2.24, 2.45) is 11.8 Å². The standard InChI is InChI=1S/C35H38ClF2N5O2/c1-20(37)33(44)43-17-22-12-26(22)30(43)16-39-32-28-15-40-34(45-19-35-10-5-11-42(35)18-23(38)14-35)41-29(28)13-27(31(32)36)25-9-4-7-21-6-2-3-8-24(21)25/h4,7,9,13,15,22-23,26,30,39H,1-3,5-6,8,10-12,14,16-19H2/t22-,23+,26?,30+,35-/m0/s1. The molecule has 45 heavy (non-hydrogen) atoms. The molecule has 8 rings (SSSR count). The first kappa shape index (κ1) is 29.1. The number of likely N-dealkylation sites (tertiary alicyclic amines) is 1. The predicted octanol–water partition coefficient (Wildman–Crippen LogP) is 6.53. The summed E-state index contributed by atoms with van der Waals surface area (Å²) in [7, 11) is 0. The Bertz CT molecular complexity index is 1700. The highest BCUT2D eigenvalue weighted by Gasteiger charge is 2.54. The maximum Gasteiger partial charge on any atom is 0.316 e. The van der Waals surface area contributed by atoms with Crippen molar-refractivity contribution in [3.05, 3.63) is 59.0 Å². The Labute approximate surface area is 267 Å². The molecule has 1 N–H and O–H groups in total. The molecule has 2 aromatic carbocycles. The number of hydrogen-bond donors (Lipinski definition) is 1. The third kappa shape index (κ3) is 5.07. The summed E-state index contributed by atoms with van der Waals surface area (Å²) in [6.45, 7) is 5.93. The van der Waals surface area contributed by atoms with Crippen LogP contribution in [0.5, 0.6) is 6.01 Å². The number of aryl methyl sites for hydroxylation is 1. The van der Waals surface area contributed by atoms with Gasteiger partial charge in [-0.3, -0.25) is 9.69 Å². The summed E-state index contributed by atoms with van der Waals surface area (Å²) in [6.07, 6.45) is 8.70. The van der Waals surface area contributed by atoms with Crippen molar-refractivity contribution < 1.29 is 18.3 Å². The molecule has 5 atom stereocenters. The number of anilines is 1. The fourth-order valence-electron chi connectivity index (χ4n) is 8.68. The Kier molecular flexibility index (Phi) is 7.24. The largest absolute Gasteiger partial charge is 0.461 e. The number of carbonyl (C=O) groups excluding carboxylic acids is 1. The zero-order chi connectivity index (χ0) is 30.9. The van der Waals surface area contributed by atoms with E-state index in [9.17, 15) is 13.6 Å². The van der Waals surface area contributed by atoms with Crippen LogP contribution in [-0.2, 0) is 17.6 Å². The van der Waals surface area contributed by atoms with E-state index in [1.165, 1.54) is 17.5 Å². The van der Waals surface area contributed by atoms with Gasteiger partial charge in [0.25, 0.3) is 5.91 Å². The lowest BCUT2D eigenvalue weighted by atomic mass is 9.85. The lowest BCUT2D eigenvalue weighted by molar-refractivity contribution is -0.129. The van der Waals surface area contributed by atoms with Crippen molar-refractivity contribution in [2.75, 3.05) is 38.1 Å². The van der Waals surface area contributed by atoms with Gasteiger partial charge in [-0.15, -0.1) is 0 Å². The second-order valence-electron chi connectivity index (χ2n) is 13.7. The highest BCUT2D eigenvalue weighted by molar-refractivity contribution is 6.38. The number of aromatic nitrogens is 2. The molecular weight excluding hydrogens is 596 g/mol. The van der Waals surface area contributed by atoms with E-state index in [1.54, 1.807) is 11.1 Å². The van der Waals surface area contributed by atoms with Crippen molar-refractivity contribution >= 4 is 34.1 Å². The highest BCUT2D eigenvalue weighted by atomic mass is 35.5. The molecule has 0 radical (unpaired) electrons. The van der Waals surface area contributed by atoms with E-state index in [4.69, 9.17) is 21.3 Å². The summed E-state index contributed by atoms with van der Waals surface area (Å²) in [5.41, 5.74) is 5.73. The smallest absolute Gasteiger partial charge is 0.316 e. The van der Waals surface area contributed by atoms with Crippen molar-refractivity contribution in [3.8, 4) is 17.1 Å². The summed E-state index contributed by atoms with van der Waals surface area (Å²) >= 11 is 7.26. The summed E-state index contributed by atoms with van der Waals surface area (Å²) in [5, 5.41) is 4.86. The topological polar surface area (TPSA) is 70.6 Å². The molecule has 3 aromatic rings. The number of carbonyl (C=O) groups is 1. The molecule has 3 saturated heterocycles. The molecule has 0 bridgehead atoms. The summed E-state index contributed by atoms with van der Waals surface area (Å²) in [6, 6.07) is 8.54. The van der Waals surface area contributed by atoms with E-state index >= 15 is 0 Å². The second kappa shape index (κ2) is 11.2. The number of rotatable bonds is 8. The second-order valence-corrected chi connectivity index (χ2v) is 14.1. The molecule has 1 aromatic heterocycles. The molecule has 1 saturated carbocycles. The molecule has 7 nitrogen and oxygen atoms in total. The fraction of sp³-hybridized carbons (Fsp3) is 0.514. The SMILES string of the molecule is C=C(F)C(=O)N1C[C@@H]2CC2[C@H]1CNc1c(Cl)c(-c2cccc3c2CCCC3)cc2nc(OC[C@@]34CCCN3C[C@H](F)C4)ncc12. The summed E-state index contributed by atoms with van der Waals surface area (Å²) in [4.78, 5) is 25.9. The van der Waals surface area contributed by atoms with Gasteiger partial charge >= 0.3 is 6.01 Å². The van der Waals surface area contributed by atoms with Crippen LogP contribution in [0.15, 0.2) is 42.9 Å². The van der Waals surface area contributed by atoms with Crippen LogP contribution < -0.4 is 10.1 Å². The van der Waals surface area contributed by atoms with Gasteiger partial charge in [-0.05, 0) is 86.1 Å². The van der Waals surface area contributed by atoms with Gasteiger partial charge < -0.3 is 15.0 Å².